The van der Waals surface area contributed by atoms with Gasteiger partial charge in [-0.25, -0.2) is 13.1 Å². The maximum absolute atomic E-state index is 11.8. The third kappa shape index (κ3) is 5.19. The summed E-state index contributed by atoms with van der Waals surface area (Å²) < 4.78 is 25.9. The first-order valence-electron chi connectivity index (χ1n) is 5.71. The van der Waals surface area contributed by atoms with Crippen molar-refractivity contribution in [1.29, 1.82) is 0 Å². The third-order valence-corrected chi connectivity index (χ3v) is 4.92. The van der Waals surface area contributed by atoms with Crippen molar-refractivity contribution in [3.63, 3.8) is 0 Å². The van der Waals surface area contributed by atoms with Crippen LogP contribution in [-0.4, -0.2) is 37.1 Å². The summed E-state index contributed by atoms with van der Waals surface area (Å²) >= 11 is 0.797. The summed E-state index contributed by atoms with van der Waals surface area (Å²) in [6.07, 6.45) is 1.33. The molecule has 1 aromatic rings. The van der Waals surface area contributed by atoms with Gasteiger partial charge in [0.1, 0.15) is 0 Å². The zero-order valence-electron chi connectivity index (χ0n) is 10.7. The van der Waals surface area contributed by atoms with E-state index in [0.29, 0.717) is 6.42 Å². The average molecular weight is 307 g/mol. The predicted molar refractivity (Wildman–Crippen MR) is 72.3 cm³/mol. The summed E-state index contributed by atoms with van der Waals surface area (Å²) in [4.78, 5) is 10.8. The van der Waals surface area contributed by atoms with Crippen molar-refractivity contribution < 1.29 is 13.2 Å². The molecule has 0 aliphatic heterocycles. The maximum Gasteiger partial charge on any atom is 0.269 e. The molecule has 1 heterocycles. The SMILES string of the molecule is CCC(N)CCNS(=O)(=O)c1nnc(NC(C)=O)s1. The molecule has 0 spiro atoms. The molecule has 0 saturated carbocycles. The lowest BCUT2D eigenvalue weighted by molar-refractivity contribution is -0.114. The summed E-state index contributed by atoms with van der Waals surface area (Å²) in [5.41, 5.74) is 5.69. The molecule has 0 bridgehead atoms. The smallest absolute Gasteiger partial charge is 0.269 e. The van der Waals surface area contributed by atoms with E-state index in [1.165, 1.54) is 6.92 Å². The standard InChI is InChI=1S/C9H17N5O3S2/c1-3-7(10)4-5-11-19(16,17)9-14-13-8(18-9)12-6(2)15/h7,11H,3-5,10H2,1-2H3,(H,12,13,15). The van der Waals surface area contributed by atoms with Crippen LogP contribution in [0.25, 0.3) is 0 Å². The Morgan fingerprint density at radius 2 is 2.16 bits per heavy atom. The van der Waals surface area contributed by atoms with Crippen molar-refractivity contribution in [3.05, 3.63) is 0 Å². The van der Waals surface area contributed by atoms with Gasteiger partial charge in [-0.15, -0.1) is 10.2 Å². The molecule has 0 aliphatic rings. The quantitative estimate of drug-likeness (QED) is 0.604. The minimum absolute atomic E-state index is 0.0351. The van der Waals surface area contributed by atoms with Gasteiger partial charge >= 0.3 is 0 Å². The highest BCUT2D eigenvalue weighted by Gasteiger charge is 2.20. The molecule has 0 aromatic carbocycles. The van der Waals surface area contributed by atoms with E-state index >= 15 is 0 Å². The fraction of sp³-hybridized carbons (Fsp3) is 0.667. The first-order chi connectivity index (χ1) is 8.85. The average Bonchev–Trinajstić information content (AvgIpc) is 2.76. The molecule has 1 aromatic heterocycles. The molecule has 10 heteroatoms. The molecular formula is C9H17N5O3S2. The number of nitrogens with zero attached hydrogens (tertiary/aromatic N) is 2. The Balaban J connectivity index is 2.62. The largest absolute Gasteiger partial charge is 0.328 e. The molecule has 19 heavy (non-hydrogen) atoms. The number of rotatable bonds is 7. The Hall–Kier alpha value is -1.10. The van der Waals surface area contributed by atoms with Gasteiger partial charge in [0.15, 0.2) is 0 Å². The number of hydrogen-bond donors (Lipinski definition) is 3. The number of anilines is 1. The molecule has 1 rings (SSSR count). The van der Waals surface area contributed by atoms with E-state index in [-0.39, 0.29) is 28.0 Å². The fourth-order valence-corrected chi connectivity index (χ4v) is 3.20. The Kier molecular flexibility index (Phi) is 5.79. The molecule has 108 valence electrons. The molecule has 0 radical (unpaired) electrons. The maximum atomic E-state index is 11.8. The van der Waals surface area contributed by atoms with Crippen molar-refractivity contribution in [3.8, 4) is 0 Å². The second-order valence-corrected chi connectivity index (χ2v) is 6.83. The predicted octanol–water partition coefficient (Wildman–Crippen LogP) is -0.0978. The first kappa shape index (κ1) is 16.0. The minimum atomic E-state index is -3.69. The number of aromatic nitrogens is 2. The molecule has 0 aliphatic carbocycles. The van der Waals surface area contributed by atoms with Crippen LogP contribution in [0.1, 0.15) is 26.7 Å². The highest BCUT2D eigenvalue weighted by Crippen LogP contribution is 2.19. The Bertz CT molecular complexity index is 528. The lowest BCUT2D eigenvalue weighted by Gasteiger charge is -2.08. The number of nitrogens with one attached hydrogen (secondary N) is 2. The lowest BCUT2D eigenvalue weighted by atomic mass is 10.2. The zero-order chi connectivity index (χ0) is 14.5. The van der Waals surface area contributed by atoms with Crippen molar-refractivity contribution >= 4 is 32.4 Å². The Labute approximate surface area is 115 Å². The monoisotopic (exact) mass is 307 g/mol. The van der Waals surface area contributed by atoms with E-state index in [0.717, 1.165) is 17.8 Å². The van der Waals surface area contributed by atoms with Gasteiger partial charge in [-0.2, -0.15) is 0 Å². The molecule has 8 nitrogen and oxygen atoms in total. The number of nitrogens with two attached hydrogens (primary N) is 1. The van der Waals surface area contributed by atoms with Crippen LogP contribution in [-0.2, 0) is 14.8 Å². The van der Waals surface area contributed by atoms with E-state index < -0.39 is 10.0 Å². The van der Waals surface area contributed by atoms with Gasteiger partial charge in [-0.05, 0) is 12.8 Å². The normalized spacial score (nSPS) is 13.2. The van der Waals surface area contributed by atoms with Crippen LogP contribution < -0.4 is 15.8 Å². The molecule has 0 saturated heterocycles. The van der Waals surface area contributed by atoms with Crippen LogP contribution >= 0.6 is 11.3 Å². The second kappa shape index (κ2) is 6.89. The summed E-state index contributed by atoms with van der Waals surface area (Å²) in [5.74, 6) is -0.332. The zero-order valence-corrected chi connectivity index (χ0v) is 12.3. The summed E-state index contributed by atoms with van der Waals surface area (Å²) in [6, 6.07) is -0.0351. The topological polar surface area (TPSA) is 127 Å². The molecular weight excluding hydrogens is 290 g/mol. The first-order valence-corrected chi connectivity index (χ1v) is 8.01. The lowest BCUT2D eigenvalue weighted by Crippen LogP contribution is -2.30. The number of carbonyl (C=O) groups is 1. The van der Waals surface area contributed by atoms with Gasteiger partial charge in [-0.1, -0.05) is 18.3 Å². The van der Waals surface area contributed by atoms with Gasteiger partial charge in [0.2, 0.25) is 15.4 Å². The van der Waals surface area contributed by atoms with Crippen LogP contribution in [0.5, 0.6) is 0 Å². The summed E-state index contributed by atoms with van der Waals surface area (Å²) in [6.45, 7) is 3.48. The van der Waals surface area contributed by atoms with Gasteiger partial charge in [0, 0.05) is 19.5 Å². The van der Waals surface area contributed by atoms with Crippen LogP contribution in [0, 0.1) is 0 Å². The Morgan fingerprint density at radius 1 is 1.47 bits per heavy atom. The van der Waals surface area contributed by atoms with E-state index in [9.17, 15) is 13.2 Å². The van der Waals surface area contributed by atoms with Gasteiger partial charge in [0.25, 0.3) is 10.0 Å². The van der Waals surface area contributed by atoms with E-state index in [4.69, 9.17) is 5.73 Å². The molecule has 1 amide bonds. The number of hydrogen-bond acceptors (Lipinski definition) is 7. The van der Waals surface area contributed by atoms with Crippen molar-refractivity contribution in [1.82, 2.24) is 14.9 Å². The van der Waals surface area contributed by atoms with Crippen molar-refractivity contribution in [2.75, 3.05) is 11.9 Å². The highest BCUT2D eigenvalue weighted by molar-refractivity contribution is 7.91. The van der Waals surface area contributed by atoms with Crippen molar-refractivity contribution in [2.45, 2.75) is 37.1 Å². The number of carbonyl (C=O) groups excluding carboxylic acids is 1. The third-order valence-electron chi connectivity index (χ3n) is 2.25. The highest BCUT2D eigenvalue weighted by atomic mass is 32.2. The fourth-order valence-electron chi connectivity index (χ4n) is 1.16. The van der Waals surface area contributed by atoms with Crippen LogP contribution in [0.3, 0.4) is 0 Å². The van der Waals surface area contributed by atoms with E-state index in [1.807, 2.05) is 6.92 Å². The van der Waals surface area contributed by atoms with Crippen LogP contribution in [0.2, 0.25) is 0 Å². The van der Waals surface area contributed by atoms with Crippen LogP contribution in [0.4, 0.5) is 5.13 Å². The van der Waals surface area contributed by atoms with Crippen LogP contribution in [0.15, 0.2) is 4.34 Å². The number of sulfonamides is 1. The summed E-state index contributed by atoms with van der Waals surface area (Å²) in [7, 11) is -3.69. The number of amides is 1. The summed E-state index contributed by atoms with van der Waals surface area (Å²) in [5, 5.41) is 9.63. The minimum Gasteiger partial charge on any atom is -0.328 e. The van der Waals surface area contributed by atoms with Gasteiger partial charge < -0.3 is 11.1 Å². The molecule has 4 N–H and O–H groups in total. The second-order valence-electron chi connectivity index (χ2n) is 3.91. The molecule has 1 atom stereocenters. The Morgan fingerprint density at radius 3 is 2.74 bits per heavy atom. The van der Waals surface area contributed by atoms with E-state index in [1.54, 1.807) is 0 Å². The molecule has 0 fully saturated rings. The molecule has 1 unspecified atom stereocenters. The van der Waals surface area contributed by atoms with Gasteiger partial charge in [0.05, 0.1) is 0 Å². The van der Waals surface area contributed by atoms with Gasteiger partial charge in [-0.3, -0.25) is 4.79 Å². The van der Waals surface area contributed by atoms with Crippen molar-refractivity contribution in [2.24, 2.45) is 5.73 Å². The van der Waals surface area contributed by atoms with E-state index in [2.05, 4.69) is 20.2 Å².